The van der Waals surface area contributed by atoms with Gasteiger partial charge in [-0.05, 0) is 42.3 Å². The Hall–Kier alpha value is -3.02. The zero-order valence-electron chi connectivity index (χ0n) is 16.5. The second kappa shape index (κ2) is 11.4. The molecule has 164 valence electrons. The van der Waals surface area contributed by atoms with Gasteiger partial charge in [0.05, 0.1) is 30.3 Å². The van der Waals surface area contributed by atoms with Crippen LogP contribution in [0.4, 0.5) is 14.5 Å². The van der Waals surface area contributed by atoms with Gasteiger partial charge < -0.3 is 15.1 Å². The largest absolute Gasteiger partial charge is 0.467 e. The van der Waals surface area contributed by atoms with Gasteiger partial charge in [0.25, 0.3) is 5.69 Å². The fraction of sp³-hybridized carbons (Fsp3) is 0.190. The highest BCUT2D eigenvalue weighted by Gasteiger charge is 2.12. The van der Waals surface area contributed by atoms with E-state index < -0.39 is 16.6 Å². The number of nitro groups is 1. The van der Waals surface area contributed by atoms with Crippen LogP contribution in [0.3, 0.4) is 0 Å². The average molecular weight is 542 g/mol. The van der Waals surface area contributed by atoms with E-state index in [2.05, 4.69) is 15.6 Å². The lowest BCUT2D eigenvalue weighted by atomic mass is 10.1. The first-order chi connectivity index (χ1) is 14.4. The van der Waals surface area contributed by atoms with Crippen LogP contribution in [0.15, 0.2) is 70.3 Å². The molecule has 1 aromatic heterocycles. The van der Waals surface area contributed by atoms with Crippen molar-refractivity contribution >= 4 is 35.6 Å². The Kier molecular flexibility index (Phi) is 8.91. The molecule has 3 rings (SSSR count). The minimum absolute atomic E-state index is 0. The monoisotopic (exact) mass is 542 g/mol. The molecule has 0 aliphatic carbocycles. The first-order valence-electron chi connectivity index (χ1n) is 9.18. The molecule has 0 saturated carbocycles. The first-order valence-corrected chi connectivity index (χ1v) is 9.18. The van der Waals surface area contributed by atoms with Crippen LogP contribution in [0.2, 0.25) is 0 Å². The smallest absolute Gasteiger partial charge is 0.269 e. The second-order valence-corrected chi connectivity index (χ2v) is 6.56. The number of nitrogens with one attached hydrogen (secondary N) is 2. The average Bonchev–Trinajstić information content (AvgIpc) is 3.26. The fourth-order valence-electron chi connectivity index (χ4n) is 2.70. The van der Waals surface area contributed by atoms with E-state index in [0.717, 1.165) is 17.7 Å². The van der Waals surface area contributed by atoms with E-state index in [1.165, 1.54) is 18.2 Å². The van der Waals surface area contributed by atoms with Gasteiger partial charge in [-0.15, -0.1) is 24.0 Å². The minimum atomic E-state index is -0.922. The first kappa shape index (κ1) is 24.3. The number of guanidine groups is 1. The quantitative estimate of drug-likeness (QED) is 0.143. The molecular formula is C21H21F2IN4O3. The number of furan rings is 1. The van der Waals surface area contributed by atoms with Gasteiger partial charge in [-0.1, -0.05) is 18.2 Å². The molecule has 2 aromatic carbocycles. The SMILES string of the molecule is CC(NC(=NCc1ccc([N+](=O)[O-])cc1)NCc1ccco1)c1ccc(F)c(F)c1.I. The summed E-state index contributed by atoms with van der Waals surface area (Å²) in [5.41, 5.74) is 1.33. The van der Waals surface area contributed by atoms with Gasteiger partial charge in [-0.3, -0.25) is 10.1 Å². The van der Waals surface area contributed by atoms with Gasteiger partial charge in [0.15, 0.2) is 17.6 Å². The molecule has 0 bridgehead atoms. The molecule has 3 aromatic rings. The normalized spacial score (nSPS) is 12.0. The van der Waals surface area contributed by atoms with Crippen LogP contribution in [0.25, 0.3) is 0 Å². The van der Waals surface area contributed by atoms with E-state index in [-0.39, 0.29) is 42.3 Å². The van der Waals surface area contributed by atoms with Crippen LogP contribution < -0.4 is 10.6 Å². The van der Waals surface area contributed by atoms with Gasteiger partial charge in [0.1, 0.15) is 5.76 Å². The number of nitrogens with zero attached hydrogens (tertiary/aromatic N) is 2. The molecule has 0 spiro atoms. The lowest BCUT2D eigenvalue weighted by molar-refractivity contribution is -0.384. The van der Waals surface area contributed by atoms with E-state index in [4.69, 9.17) is 4.42 Å². The van der Waals surface area contributed by atoms with Gasteiger partial charge in [-0.25, -0.2) is 13.8 Å². The zero-order chi connectivity index (χ0) is 21.5. The second-order valence-electron chi connectivity index (χ2n) is 6.56. The van der Waals surface area contributed by atoms with Crippen LogP contribution in [0.1, 0.15) is 29.9 Å². The van der Waals surface area contributed by atoms with Crippen molar-refractivity contribution in [1.82, 2.24) is 10.6 Å². The minimum Gasteiger partial charge on any atom is -0.467 e. The summed E-state index contributed by atoms with van der Waals surface area (Å²) in [5.74, 6) is -0.717. The number of benzene rings is 2. The third-order valence-corrected chi connectivity index (χ3v) is 4.37. The van der Waals surface area contributed by atoms with E-state index in [0.29, 0.717) is 23.8 Å². The fourth-order valence-corrected chi connectivity index (χ4v) is 2.70. The van der Waals surface area contributed by atoms with Crippen LogP contribution in [0, 0.1) is 21.7 Å². The number of hydrogen-bond donors (Lipinski definition) is 2. The van der Waals surface area contributed by atoms with Crippen LogP contribution in [-0.4, -0.2) is 10.9 Å². The number of non-ortho nitro benzene ring substituents is 1. The maximum Gasteiger partial charge on any atom is 0.269 e. The number of halogens is 3. The molecule has 0 fully saturated rings. The molecule has 0 amide bonds. The molecule has 0 radical (unpaired) electrons. The predicted octanol–water partition coefficient (Wildman–Crippen LogP) is 5.08. The van der Waals surface area contributed by atoms with Crippen molar-refractivity contribution in [3.8, 4) is 0 Å². The maximum atomic E-state index is 13.6. The van der Waals surface area contributed by atoms with Crippen LogP contribution in [0.5, 0.6) is 0 Å². The lowest BCUT2D eigenvalue weighted by Gasteiger charge is -2.18. The molecule has 1 atom stereocenters. The van der Waals surface area contributed by atoms with Crippen molar-refractivity contribution in [3.05, 3.63) is 99.5 Å². The van der Waals surface area contributed by atoms with Gasteiger partial charge in [0.2, 0.25) is 0 Å². The van der Waals surface area contributed by atoms with Crippen molar-refractivity contribution in [2.75, 3.05) is 0 Å². The third kappa shape index (κ3) is 7.02. The van der Waals surface area contributed by atoms with Gasteiger partial charge >= 0.3 is 0 Å². The van der Waals surface area contributed by atoms with E-state index >= 15 is 0 Å². The summed E-state index contributed by atoms with van der Waals surface area (Å²) in [6, 6.07) is 13.0. The summed E-state index contributed by atoms with van der Waals surface area (Å²) in [6.07, 6.45) is 1.56. The van der Waals surface area contributed by atoms with Crippen LogP contribution in [-0.2, 0) is 13.1 Å². The molecule has 0 saturated heterocycles. The van der Waals surface area contributed by atoms with E-state index in [1.807, 2.05) is 0 Å². The Morgan fingerprint density at radius 3 is 2.52 bits per heavy atom. The van der Waals surface area contributed by atoms with Gasteiger partial charge in [-0.2, -0.15) is 0 Å². The summed E-state index contributed by atoms with van der Waals surface area (Å²) in [5, 5.41) is 17.0. The maximum absolute atomic E-state index is 13.6. The van der Waals surface area contributed by atoms with Crippen molar-refractivity contribution in [2.24, 2.45) is 4.99 Å². The molecule has 31 heavy (non-hydrogen) atoms. The summed E-state index contributed by atoms with van der Waals surface area (Å²) in [4.78, 5) is 14.8. The Morgan fingerprint density at radius 2 is 1.90 bits per heavy atom. The van der Waals surface area contributed by atoms with Crippen molar-refractivity contribution in [3.63, 3.8) is 0 Å². The summed E-state index contributed by atoms with van der Waals surface area (Å²) < 4.78 is 32.1. The Labute approximate surface area is 194 Å². The van der Waals surface area contributed by atoms with Crippen molar-refractivity contribution in [2.45, 2.75) is 26.1 Å². The zero-order valence-corrected chi connectivity index (χ0v) is 18.9. The molecule has 7 nitrogen and oxygen atoms in total. The Morgan fingerprint density at radius 1 is 1.16 bits per heavy atom. The third-order valence-electron chi connectivity index (χ3n) is 4.37. The number of nitro benzene ring substituents is 1. The van der Waals surface area contributed by atoms with Gasteiger partial charge in [0, 0.05) is 12.1 Å². The molecule has 1 heterocycles. The Bertz CT molecular complexity index is 1030. The molecule has 2 N–H and O–H groups in total. The van der Waals surface area contributed by atoms with Crippen molar-refractivity contribution in [1.29, 1.82) is 0 Å². The molecule has 0 aliphatic rings. The number of hydrogen-bond acceptors (Lipinski definition) is 4. The van der Waals surface area contributed by atoms with E-state index in [1.54, 1.807) is 37.5 Å². The van der Waals surface area contributed by atoms with E-state index in [9.17, 15) is 18.9 Å². The van der Waals surface area contributed by atoms with Crippen molar-refractivity contribution < 1.29 is 18.1 Å². The molecule has 0 aliphatic heterocycles. The molecule has 10 heteroatoms. The summed E-state index contributed by atoms with van der Waals surface area (Å²) >= 11 is 0. The summed E-state index contributed by atoms with van der Waals surface area (Å²) in [6.45, 7) is 2.42. The molecular weight excluding hydrogens is 521 g/mol. The highest BCUT2D eigenvalue weighted by Crippen LogP contribution is 2.16. The molecule has 1 unspecified atom stereocenters. The Balaban J connectivity index is 0.00000341. The number of rotatable bonds is 7. The highest BCUT2D eigenvalue weighted by atomic mass is 127. The van der Waals surface area contributed by atoms with Crippen LogP contribution >= 0.6 is 24.0 Å². The number of aliphatic imine (C=N–C) groups is 1. The lowest BCUT2D eigenvalue weighted by Crippen LogP contribution is -2.38. The highest BCUT2D eigenvalue weighted by molar-refractivity contribution is 14.0. The summed E-state index contributed by atoms with van der Waals surface area (Å²) in [7, 11) is 0. The predicted molar refractivity (Wildman–Crippen MR) is 123 cm³/mol. The topological polar surface area (TPSA) is 92.7 Å². The standard InChI is InChI=1S/C21H20F2N4O3.HI/c1-14(16-6-9-19(22)20(23)11-16)26-21(25-13-18-3-2-10-30-18)24-12-15-4-7-17(8-5-15)27(28)29;/h2-11,14H,12-13H2,1H3,(H2,24,25,26);1H.